The van der Waals surface area contributed by atoms with E-state index in [1.165, 1.54) is 31.5 Å². The molecular formula is C17H26ClN3. The van der Waals surface area contributed by atoms with Crippen LogP contribution in [0.4, 0.5) is 5.82 Å². The highest BCUT2D eigenvalue weighted by atomic mass is 35.5. The van der Waals surface area contributed by atoms with Crippen LogP contribution in [-0.4, -0.2) is 42.1 Å². The Morgan fingerprint density at radius 3 is 2.76 bits per heavy atom. The summed E-state index contributed by atoms with van der Waals surface area (Å²) in [7, 11) is 0. The van der Waals surface area contributed by atoms with Crippen LogP contribution >= 0.6 is 11.6 Å². The molecule has 0 radical (unpaired) electrons. The summed E-state index contributed by atoms with van der Waals surface area (Å²) in [5.74, 6) is 1.67. The van der Waals surface area contributed by atoms with Gasteiger partial charge in [0.1, 0.15) is 5.82 Å². The van der Waals surface area contributed by atoms with Crippen molar-refractivity contribution in [2.45, 2.75) is 50.9 Å². The molecule has 3 nitrogen and oxygen atoms in total. The monoisotopic (exact) mass is 307 g/mol. The minimum atomic E-state index is 0.0615. The largest absolute Gasteiger partial charge is 0.354 e. The molecule has 1 unspecified atom stereocenters. The maximum atomic E-state index is 6.09. The van der Waals surface area contributed by atoms with E-state index in [4.69, 9.17) is 16.6 Å². The number of alkyl halides is 1. The third-order valence-electron chi connectivity index (χ3n) is 4.71. The maximum Gasteiger partial charge on any atom is 0.129 e. The highest BCUT2D eigenvalue weighted by Crippen LogP contribution is 2.28. The quantitative estimate of drug-likeness (QED) is 0.781. The van der Waals surface area contributed by atoms with Gasteiger partial charge in [-0.3, -0.25) is 4.90 Å². The van der Waals surface area contributed by atoms with Gasteiger partial charge < -0.3 is 4.90 Å². The normalized spacial score (nSPS) is 23.4. The van der Waals surface area contributed by atoms with E-state index in [0.717, 1.165) is 30.6 Å². The van der Waals surface area contributed by atoms with Crippen LogP contribution in [0, 0.1) is 0 Å². The highest BCUT2D eigenvalue weighted by Gasteiger charge is 2.31. The highest BCUT2D eigenvalue weighted by molar-refractivity contribution is 6.17. The van der Waals surface area contributed by atoms with Gasteiger partial charge in [-0.05, 0) is 37.1 Å². The summed E-state index contributed by atoms with van der Waals surface area (Å²) in [6.45, 7) is 11.3. The van der Waals surface area contributed by atoms with Crippen molar-refractivity contribution in [3.05, 3.63) is 23.4 Å². The Hall–Kier alpha value is -0.800. The van der Waals surface area contributed by atoms with Crippen LogP contribution in [0.15, 0.2) is 12.1 Å². The second-order valence-electron chi connectivity index (χ2n) is 7.38. The Balaban J connectivity index is 1.87. The SMILES string of the molecule is CC(C)(C)c1cc(CCl)cc(N2CCN3CCCC3C2)n1. The summed E-state index contributed by atoms with van der Waals surface area (Å²) >= 11 is 6.09. The van der Waals surface area contributed by atoms with Crippen molar-refractivity contribution in [2.24, 2.45) is 0 Å². The molecule has 116 valence electrons. The third-order valence-corrected chi connectivity index (χ3v) is 5.01. The molecule has 0 bridgehead atoms. The number of rotatable bonds is 2. The van der Waals surface area contributed by atoms with E-state index in [-0.39, 0.29) is 5.41 Å². The van der Waals surface area contributed by atoms with E-state index in [1.807, 2.05) is 0 Å². The van der Waals surface area contributed by atoms with Crippen molar-refractivity contribution in [3.63, 3.8) is 0 Å². The van der Waals surface area contributed by atoms with Crippen LogP contribution < -0.4 is 4.90 Å². The number of fused-ring (bicyclic) bond motifs is 1. The molecule has 0 aliphatic carbocycles. The van der Waals surface area contributed by atoms with Gasteiger partial charge in [0.05, 0.1) is 0 Å². The van der Waals surface area contributed by atoms with E-state index in [0.29, 0.717) is 5.88 Å². The van der Waals surface area contributed by atoms with Crippen LogP contribution in [-0.2, 0) is 11.3 Å². The fourth-order valence-electron chi connectivity index (χ4n) is 3.39. The summed E-state index contributed by atoms with van der Waals surface area (Å²) in [5.41, 5.74) is 2.39. The fraction of sp³-hybridized carbons (Fsp3) is 0.706. The number of piperazine rings is 1. The van der Waals surface area contributed by atoms with Crippen LogP contribution in [0.25, 0.3) is 0 Å². The lowest BCUT2D eigenvalue weighted by Crippen LogP contribution is -2.50. The van der Waals surface area contributed by atoms with Gasteiger partial charge >= 0.3 is 0 Å². The first-order chi connectivity index (χ1) is 9.97. The van der Waals surface area contributed by atoms with Gasteiger partial charge in [0.2, 0.25) is 0 Å². The van der Waals surface area contributed by atoms with Gasteiger partial charge in [0, 0.05) is 42.7 Å². The van der Waals surface area contributed by atoms with Gasteiger partial charge in [-0.2, -0.15) is 0 Å². The Morgan fingerprint density at radius 2 is 2.05 bits per heavy atom. The van der Waals surface area contributed by atoms with E-state index >= 15 is 0 Å². The molecule has 0 saturated carbocycles. The molecule has 1 aromatic heterocycles. The minimum Gasteiger partial charge on any atom is -0.354 e. The molecule has 21 heavy (non-hydrogen) atoms. The number of aromatic nitrogens is 1. The smallest absolute Gasteiger partial charge is 0.129 e. The number of halogens is 1. The molecule has 1 aromatic rings. The lowest BCUT2D eigenvalue weighted by Gasteiger charge is -2.38. The predicted octanol–water partition coefficient (Wildman–Crippen LogP) is 3.40. The molecule has 0 amide bonds. The van der Waals surface area contributed by atoms with E-state index in [1.54, 1.807) is 0 Å². The molecule has 0 spiro atoms. The molecule has 1 atom stereocenters. The zero-order chi connectivity index (χ0) is 15.0. The zero-order valence-corrected chi connectivity index (χ0v) is 14.2. The summed E-state index contributed by atoms with van der Waals surface area (Å²) in [6, 6.07) is 5.05. The molecule has 3 heterocycles. The van der Waals surface area contributed by atoms with Gasteiger partial charge in [-0.25, -0.2) is 4.98 Å². The van der Waals surface area contributed by atoms with Crippen LogP contribution in [0.3, 0.4) is 0 Å². The Labute approximate surface area is 133 Å². The second-order valence-corrected chi connectivity index (χ2v) is 7.65. The molecule has 0 aromatic carbocycles. The molecule has 0 N–H and O–H groups in total. The topological polar surface area (TPSA) is 19.4 Å². The first-order valence-electron chi connectivity index (χ1n) is 8.04. The van der Waals surface area contributed by atoms with E-state index in [9.17, 15) is 0 Å². The summed E-state index contributed by atoms with van der Waals surface area (Å²) in [4.78, 5) is 10.0. The Morgan fingerprint density at radius 1 is 1.24 bits per heavy atom. The Kier molecular flexibility index (Phi) is 4.15. The average Bonchev–Trinajstić information content (AvgIpc) is 2.93. The van der Waals surface area contributed by atoms with Gasteiger partial charge in [-0.15, -0.1) is 11.6 Å². The first-order valence-corrected chi connectivity index (χ1v) is 8.57. The van der Waals surface area contributed by atoms with E-state index < -0.39 is 0 Å². The van der Waals surface area contributed by atoms with Gasteiger partial charge in [-0.1, -0.05) is 20.8 Å². The van der Waals surface area contributed by atoms with Crippen molar-refractivity contribution in [1.82, 2.24) is 9.88 Å². The predicted molar refractivity (Wildman–Crippen MR) is 89.3 cm³/mol. The van der Waals surface area contributed by atoms with Crippen molar-refractivity contribution in [2.75, 3.05) is 31.1 Å². The zero-order valence-electron chi connectivity index (χ0n) is 13.4. The number of anilines is 1. The van der Waals surface area contributed by atoms with Gasteiger partial charge in [0.25, 0.3) is 0 Å². The number of nitrogens with zero attached hydrogens (tertiary/aromatic N) is 3. The third kappa shape index (κ3) is 3.19. The lowest BCUT2D eigenvalue weighted by molar-refractivity contribution is 0.230. The molecule has 2 aliphatic heterocycles. The molecule has 2 fully saturated rings. The first kappa shape index (κ1) is 15.1. The summed E-state index contributed by atoms with van der Waals surface area (Å²) in [6.07, 6.45) is 2.68. The second kappa shape index (κ2) is 5.77. The van der Waals surface area contributed by atoms with Crippen molar-refractivity contribution >= 4 is 17.4 Å². The van der Waals surface area contributed by atoms with Crippen molar-refractivity contribution in [1.29, 1.82) is 0 Å². The number of hydrogen-bond acceptors (Lipinski definition) is 3. The standard InChI is InChI=1S/C17H26ClN3/c1-17(2,3)15-9-13(11-18)10-16(19-15)21-8-7-20-6-4-5-14(20)12-21/h9-10,14H,4-8,11-12H2,1-3H3. The van der Waals surface area contributed by atoms with E-state index in [2.05, 4.69) is 42.7 Å². The minimum absolute atomic E-state index is 0.0615. The average molecular weight is 308 g/mol. The van der Waals surface area contributed by atoms with Crippen LogP contribution in [0.2, 0.25) is 0 Å². The fourth-order valence-corrected chi connectivity index (χ4v) is 3.55. The van der Waals surface area contributed by atoms with Crippen LogP contribution in [0.1, 0.15) is 44.9 Å². The van der Waals surface area contributed by atoms with Gasteiger partial charge in [0.15, 0.2) is 0 Å². The molecule has 3 rings (SSSR count). The lowest BCUT2D eigenvalue weighted by atomic mass is 9.91. The number of pyridine rings is 1. The summed E-state index contributed by atoms with van der Waals surface area (Å²) < 4.78 is 0. The molecule has 2 saturated heterocycles. The molecule has 2 aliphatic rings. The molecular weight excluding hydrogens is 282 g/mol. The van der Waals surface area contributed by atoms with Crippen molar-refractivity contribution in [3.8, 4) is 0 Å². The summed E-state index contributed by atoms with van der Waals surface area (Å²) in [5, 5.41) is 0. The maximum absolute atomic E-state index is 6.09. The number of hydrogen-bond donors (Lipinski definition) is 0. The Bertz CT molecular complexity index is 509. The van der Waals surface area contributed by atoms with Crippen molar-refractivity contribution < 1.29 is 0 Å². The van der Waals surface area contributed by atoms with Crippen LogP contribution in [0.5, 0.6) is 0 Å². The molecule has 4 heteroatoms.